The van der Waals surface area contributed by atoms with E-state index >= 15 is 0 Å². The Bertz CT molecular complexity index is 148. The fourth-order valence-corrected chi connectivity index (χ4v) is 0.514. The SMILES string of the molecule is C[C@@H](C[CH]CC#N)C(N)=O. The lowest BCUT2D eigenvalue weighted by Crippen LogP contribution is -2.20. The van der Waals surface area contributed by atoms with E-state index < -0.39 is 0 Å². The molecule has 2 N–H and O–H groups in total. The third-order valence-corrected chi connectivity index (χ3v) is 1.24. The highest BCUT2D eigenvalue weighted by Gasteiger charge is 2.06. The molecule has 1 amide bonds. The summed E-state index contributed by atoms with van der Waals surface area (Å²) >= 11 is 0. The van der Waals surface area contributed by atoms with E-state index in [0.717, 1.165) is 0 Å². The zero-order valence-electron chi connectivity index (χ0n) is 6.00. The molecule has 0 rings (SSSR count). The topological polar surface area (TPSA) is 66.9 Å². The quantitative estimate of drug-likeness (QED) is 0.580. The molecule has 0 saturated heterocycles. The molecule has 55 valence electrons. The maximum Gasteiger partial charge on any atom is 0.220 e. The van der Waals surface area contributed by atoms with Crippen molar-refractivity contribution in [2.24, 2.45) is 11.7 Å². The molecule has 0 fully saturated rings. The summed E-state index contributed by atoms with van der Waals surface area (Å²) < 4.78 is 0. The van der Waals surface area contributed by atoms with Crippen molar-refractivity contribution in [3.05, 3.63) is 6.42 Å². The molecule has 0 aromatic rings. The second-order valence-corrected chi connectivity index (χ2v) is 2.19. The summed E-state index contributed by atoms with van der Waals surface area (Å²) in [5.41, 5.74) is 4.98. The van der Waals surface area contributed by atoms with Crippen LogP contribution in [-0.4, -0.2) is 5.91 Å². The molecule has 0 bridgehead atoms. The Hall–Kier alpha value is -1.04. The third kappa shape index (κ3) is 3.90. The molecular formula is C7H11N2O. The van der Waals surface area contributed by atoms with Crippen molar-refractivity contribution in [3.8, 4) is 6.07 Å². The van der Waals surface area contributed by atoms with Crippen LogP contribution in [-0.2, 0) is 4.79 Å². The Morgan fingerprint density at radius 3 is 2.90 bits per heavy atom. The monoisotopic (exact) mass is 139 g/mol. The first-order valence-electron chi connectivity index (χ1n) is 3.16. The van der Waals surface area contributed by atoms with E-state index in [1.807, 2.05) is 6.07 Å². The van der Waals surface area contributed by atoms with Crippen LogP contribution < -0.4 is 5.73 Å². The van der Waals surface area contributed by atoms with Gasteiger partial charge in [0.15, 0.2) is 0 Å². The predicted molar refractivity (Wildman–Crippen MR) is 37.5 cm³/mol. The maximum atomic E-state index is 10.4. The summed E-state index contributed by atoms with van der Waals surface area (Å²) in [6.07, 6.45) is 2.75. The maximum absolute atomic E-state index is 10.4. The number of nitriles is 1. The van der Waals surface area contributed by atoms with Gasteiger partial charge in [0.1, 0.15) is 0 Å². The van der Waals surface area contributed by atoms with Gasteiger partial charge in [-0.15, -0.1) is 0 Å². The first-order valence-corrected chi connectivity index (χ1v) is 3.16. The number of amides is 1. The summed E-state index contributed by atoms with van der Waals surface area (Å²) in [5, 5.41) is 8.12. The third-order valence-electron chi connectivity index (χ3n) is 1.24. The molecule has 0 aliphatic carbocycles. The second kappa shape index (κ2) is 4.80. The summed E-state index contributed by atoms with van der Waals surface area (Å²) in [6.45, 7) is 1.75. The highest BCUT2D eigenvalue weighted by Crippen LogP contribution is 2.04. The minimum Gasteiger partial charge on any atom is -0.369 e. The summed E-state index contributed by atoms with van der Waals surface area (Å²) in [6, 6.07) is 1.95. The number of carbonyl (C=O) groups excluding carboxylic acids is 1. The van der Waals surface area contributed by atoms with Crippen molar-refractivity contribution >= 4 is 5.91 Å². The van der Waals surface area contributed by atoms with E-state index in [-0.39, 0.29) is 11.8 Å². The fourth-order valence-electron chi connectivity index (χ4n) is 0.514. The van der Waals surface area contributed by atoms with Gasteiger partial charge in [-0.3, -0.25) is 4.79 Å². The molecule has 1 radical (unpaired) electrons. The zero-order valence-corrected chi connectivity index (χ0v) is 6.00. The number of nitrogens with two attached hydrogens (primary N) is 1. The lowest BCUT2D eigenvalue weighted by atomic mass is 10.0. The fraction of sp³-hybridized carbons (Fsp3) is 0.571. The highest BCUT2D eigenvalue weighted by molar-refractivity contribution is 5.76. The average Bonchev–Trinajstić information content (AvgIpc) is 1.88. The van der Waals surface area contributed by atoms with E-state index in [2.05, 4.69) is 0 Å². The van der Waals surface area contributed by atoms with E-state index in [4.69, 9.17) is 11.0 Å². The van der Waals surface area contributed by atoms with Crippen molar-refractivity contribution in [2.45, 2.75) is 19.8 Å². The number of hydrogen-bond donors (Lipinski definition) is 1. The van der Waals surface area contributed by atoms with Gasteiger partial charge in [-0.1, -0.05) is 6.92 Å². The van der Waals surface area contributed by atoms with Crippen LogP contribution in [0.2, 0.25) is 0 Å². The van der Waals surface area contributed by atoms with Crippen molar-refractivity contribution in [2.75, 3.05) is 0 Å². The molecule has 3 heteroatoms. The van der Waals surface area contributed by atoms with Gasteiger partial charge in [0.05, 0.1) is 6.07 Å². The summed E-state index contributed by atoms with van der Waals surface area (Å²) in [4.78, 5) is 10.4. The highest BCUT2D eigenvalue weighted by atomic mass is 16.1. The standard InChI is InChI=1S/C7H11N2O/c1-6(7(9)10)4-2-3-5-8/h2,6H,3-4H2,1H3,(H2,9,10)/t6-/m0/s1. The number of primary amides is 1. The molecule has 0 unspecified atom stereocenters. The summed E-state index contributed by atoms with van der Waals surface area (Å²) in [7, 11) is 0. The van der Waals surface area contributed by atoms with Crippen molar-refractivity contribution in [3.63, 3.8) is 0 Å². The molecule has 0 heterocycles. The molecule has 10 heavy (non-hydrogen) atoms. The molecular weight excluding hydrogens is 128 g/mol. The molecule has 0 aliphatic heterocycles. The Morgan fingerprint density at radius 1 is 1.90 bits per heavy atom. The van der Waals surface area contributed by atoms with Gasteiger partial charge in [0.25, 0.3) is 0 Å². The smallest absolute Gasteiger partial charge is 0.220 e. The van der Waals surface area contributed by atoms with Crippen LogP contribution in [0.1, 0.15) is 19.8 Å². The van der Waals surface area contributed by atoms with Crippen LogP contribution in [0.25, 0.3) is 0 Å². The van der Waals surface area contributed by atoms with E-state index in [1.165, 1.54) is 0 Å². The molecule has 1 atom stereocenters. The molecule has 0 spiro atoms. The second-order valence-electron chi connectivity index (χ2n) is 2.19. The molecule has 0 aliphatic rings. The van der Waals surface area contributed by atoms with Crippen LogP contribution >= 0.6 is 0 Å². The number of carbonyl (C=O) groups is 1. The molecule has 0 aromatic carbocycles. The lowest BCUT2D eigenvalue weighted by molar-refractivity contribution is -0.121. The molecule has 3 nitrogen and oxygen atoms in total. The Morgan fingerprint density at radius 2 is 2.50 bits per heavy atom. The molecule has 0 aromatic heterocycles. The number of hydrogen-bond acceptors (Lipinski definition) is 2. The van der Waals surface area contributed by atoms with Crippen LogP contribution in [0.4, 0.5) is 0 Å². The van der Waals surface area contributed by atoms with Gasteiger partial charge in [-0.25, -0.2) is 0 Å². The summed E-state index contributed by atoms with van der Waals surface area (Å²) in [5.74, 6) is -0.456. The predicted octanol–water partition coefficient (Wildman–Crippen LogP) is 0.616. The van der Waals surface area contributed by atoms with Crippen molar-refractivity contribution in [1.82, 2.24) is 0 Å². The van der Waals surface area contributed by atoms with Crippen molar-refractivity contribution < 1.29 is 4.79 Å². The minimum atomic E-state index is -0.311. The van der Waals surface area contributed by atoms with Gasteiger partial charge in [0.2, 0.25) is 5.91 Å². The van der Waals surface area contributed by atoms with Gasteiger partial charge >= 0.3 is 0 Å². The number of unbranched alkanes of at least 4 members (excludes halogenated alkanes) is 1. The van der Waals surface area contributed by atoms with Gasteiger partial charge < -0.3 is 5.73 Å². The van der Waals surface area contributed by atoms with Crippen molar-refractivity contribution in [1.29, 1.82) is 5.26 Å². The number of rotatable bonds is 4. The minimum absolute atomic E-state index is 0.145. The Balaban J connectivity index is 3.32. The number of nitrogens with zero attached hydrogens (tertiary/aromatic N) is 1. The van der Waals surface area contributed by atoms with Crippen LogP contribution in [0.15, 0.2) is 0 Å². The first kappa shape index (κ1) is 8.96. The van der Waals surface area contributed by atoms with Gasteiger partial charge in [-0.2, -0.15) is 5.26 Å². The van der Waals surface area contributed by atoms with Crippen LogP contribution in [0.5, 0.6) is 0 Å². The van der Waals surface area contributed by atoms with Gasteiger partial charge in [-0.05, 0) is 12.8 Å². The average molecular weight is 139 g/mol. The zero-order chi connectivity index (χ0) is 7.98. The van der Waals surface area contributed by atoms with E-state index in [0.29, 0.717) is 12.8 Å². The Kier molecular flexibility index (Phi) is 4.30. The van der Waals surface area contributed by atoms with Gasteiger partial charge in [0, 0.05) is 12.3 Å². The lowest BCUT2D eigenvalue weighted by Gasteiger charge is -2.02. The van der Waals surface area contributed by atoms with Crippen LogP contribution in [0, 0.1) is 23.7 Å². The normalized spacial score (nSPS) is 12.0. The largest absolute Gasteiger partial charge is 0.369 e. The molecule has 0 saturated carbocycles. The van der Waals surface area contributed by atoms with E-state index in [9.17, 15) is 4.79 Å². The first-order chi connectivity index (χ1) is 4.68. The van der Waals surface area contributed by atoms with Crippen LogP contribution in [0.3, 0.4) is 0 Å². The Labute approximate surface area is 60.8 Å². The van der Waals surface area contributed by atoms with E-state index in [1.54, 1.807) is 13.3 Å².